The van der Waals surface area contributed by atoms with E-state index in [1.807, 2.05) is 0 Å². The number of fused-ring (bicyclic) bond motifs is 1. The van der Waals surface area contributed by atoms with E-state index in [4.69, 9.17) is 4.99 Å². The van der Waals surface area contributed by atoms with Gasteiger partial charge in [-0.1, -0.05) is 39.2 Å². The summed E-state index contributed by atoms with van der Waals surface area (Å²) in [6, 6.07) is 4.51. The summed E-state index contributed by atoms with van der Waals surface area (Å²) >= 11 is 0. The van der Waals surface area contributed by atoms with E-state index < -0.39 is 0 Å². The van der Waals surface area contributed by atoms with Crippen LogP contribution < -0.4 is 0 Å². The molecule has 0 radical (unpaired) electrons. The van der Waals surface area contributed by atoms with Gasteiger partial charge in [-0.05, 0) is 74.6 Å². The van der Waals surface area contributed by atoms with Crippen molar-refractivity contribution in [1.82, 2.24) is 0 Å². The Morgan fingerprint density at radius 1 is 1.05 bits per heavy atom. The smallest absolute Gasteiger partial charge is 0.0663 e. The summed E-state index contributed by atoms with van der Waals surface area (Å²) < 4.78 is 0. The first-order chi connectivity index (χ1) is 10.2. The molecule has 21 heavy (non-hydrogen) atoms. The van der Waals surface area contributed by atoms with Crippen molar-refractivity contribution in [3.63, 3.8) is 0 Å². The molecule has 1 unspecified atom stereocenters. The van der Waals surface area contributed by atoms with Gasteiger partial charge in [-0.2, -0.15) is 0 Å². The molecule has 0 spiro atoms. The SMILES string of the molecule is CCc1c(C)ccc2c1CCCCCCC(CC)C(C)=N2. The van der Waals surface area contributed by atoms with Crippen LogP contribution in [0.3, 0.4) is 0 Å². The minimum atomic E-state index is 0.669. The third-order valence-corrected chi connectivity index (χ3v) is 5.10. The lowest BCUT2D eigenvalue weighted by Crippen LogP contribution is -2.10. The molecule has 116 valence electrons. The number of benzene rings is 1. The van der Waals surface area contributed by atoms with Crippen LogP contribution in [0.2, 0.25) is 0 Å². The molecular formula is C20H31N. The molecule has 0 aliphatic carbocycles. The van der Waals surface area contributed by atoms with E-state index in [1.54, 1.807) is 0 Å². The minimum Gasteiger partial charge on any atom is -0.258 e. The average Bonchev–Trinajstić information content (AvgIpc) is 2.51. The van der Waals surface area contributed by atoms with E-state index in [1.165, 1.54) is 73.0 Å². The van der Waals surface area contributed by atoms with Crippen molar-refractivity contribution < 1.29 is 0 Å². The topological polar surface area (TPSA) is 12.4 Å². The van der Waals surface area contributed by atoms with Gasteiger partial charge in [0.15, 0.2) is 0 Å². The fourth-order valence-electron chi connectivity index (χ4n) is 3.71. The van der Waals surface area contributed by atoms with E-state index >= 15 is 0 Å². The molecule has 0 N–H and O–H groups in total. The van der Waals surface area contributed by atoms with Crippen LogP contribution in [-0.4, -0.2) is 5.71 Å². The first kappa shape index (κ1) is 16.3. The monoisotopic (exact) mass is 285 g/mol. The summed E-state index contributed by atoms with van der Waals surface area (Å²) in [7, 11) is 0. The van der Waals surface area contributed by atoms with Crippen molar-refractivity contribution in [2.45, 2.75) is 79.1 Å². The second kappa shape index (κ2) is 7.77. The third-order valence-electron chi connectivity index (χ3n) is 5.10. The molecule has 0 aromatic heterocycles. The maximum absolute atomic E-state index is 5.06. The molecular weight excluding hydrogens is 254 g/mol. The molecule has 1 aliphatic rings. The number of rotatable bonds is 2. The second-order valence-electron chi connectivity index (χ2n) is 6.52. The molecule has 1 atom stereocenters. The predicted molar refractivity (Wildman–Crippen MR) is 93.9 cm³/mol. The van der Waals surface area contributed by atoms with E-state index in [2.05, 4.69) is 39.8 Å². The lowest BCUT2D eigenvalue weighted by Gasteiger charge is -2.16. The van der Waals surface area contributed by atoms with Crippen molar-refractivity contribution in [3.8, 4) is 0 Å². The van der Waals surface area contributed by atoms with Gasteiger partial charge in [0.25, 0.3) is 0 Å². The van der Waals surface area contributed by atoms with Crippen LogP contribution in [0.1, 0.15) is 76.0 Å². The maximum Gasteiger partial charge on any atom is 0.0663 e. The van der Waals surface area contributed by atoms with Crippen LogP contribution in [0.5, 0.6) is 0 Å². The fourth-order valence-corrected chi connectivity index (χ4v) is 3.71. The van der Waals surface area contributed by atoms with Gasteiger partial charge in [0.05, 0.1) is 5.69 Å². The predicted octanol–water partition coefficient (Wildman–Crippen LogP) is 6.18. The van der Waals surface area contributed by atoms with Crippen LogP contribution in [0.25, 0.3) is 0 Å². The van der Waals surface area contributed by atoms with Gasteiger partial charge in [-0.15, -0.1) is 0 Å². The van der Waals surface area contributed by atoms with Crippen molar-refractivity contribution >= 4 is 11.4 Å². The zero-order chi connectivity index (χ0) is 15.2. The molecule has 0 fully saturated rings. The Hall–Kier alpha value is -1.11. The quantitative estimate of drug-likeness (QED) is 0.615. The Labute approximate surface area is 130 Å². The van der Waals surface area contributed by atoms with Crippen molar-refractivity contribution in [2.75, 3.05) is 0 Å². The molecule has 1 aliphatic heterocycles. The summed E-state index contributed by atoms with van der Waals surface area (Å²) in [4.78, 5) is 5.06. The molecule has 1 heterocycles. The Bertz CT molecular complexity index is 499. The lowest BCUT2D eigenvalue weighted by atomic mass is 9.94. The van der Waals surface area contributed by atoms with Gasteiger partial charge in [0, 0.05) is 5.71 Å². The first-order valence-corrected chi connectivity index (χ1v) is 8.83. The largest absolute Gasteiger partial charge is 0.258 e. The number of hydrogen-bond acceptors (Lipinski definition) is 1. The summed E-state index contributed by atoms with van der Waals surface area (Å²) in [5.41, 5.74) is 7.08. The van der Waals surface area contributed by atoms with E-state index in [0.717, 1.165) is 6.42 Å². The van der Waals surface area contributed by atoms with E-state index in [-0.39, 0.29) is 0 Å². The highest BCUT2D eigenvalue weighted by Crippen LogP contribution is 2.30. The molecule has 1 aromatic carbocycles. The normalized spacial score (nSPS) is 20.4. The highest BCUT2D eigenvalue weighted by atomic mass is 14.8. The van der Waals surface area contributed by atoms with E-state index in [0.29, 0.717) is 5.92 Å². The second-order valence-corrected chi connectivity index (χ2v) is 6.52. The van der Waals surface area contributed by atoms with Gasteiger partial charge in [0.2, 0.25) is 0 Å². The van der Waals surface area contributed by atoms with Gasteiger partial charge in [-0.3, -0.25) is 4.99 Å². The number of aliphatic imine (C=N–C) groups is 1. The van der Waals surface area contributed by atoms with Crippen LogP contribution in [0, 0.1) is 12.8 Å². The minimum absolute atomic E-state index is 0.669. The van der Waals surface area contributed by atoms with Crippen LogP contribution in [0.15, 0.2) is 17.1 Å². The van der Waals surface area contributed by atoms with E-state index in [9.17, 15) is 0 Å². The highest BCUT2D eigenvalue weighted by molar-refractivity contribution is 5.87. The van der Waals surface area contributed by atoms with Gasteiger partial charge < -0.3 is 0 Å². The summed E-state index contributed by atoms with van der Waals surface area (Å²) in [5, 5.41) is 0. The highest BCUT2D eigenvalue weighted by Gasteiger charge is 2.14. The molecule has 2 rings (SSSR count). The van der Waals surface area contributed by atoms with Crippen LogP contribution in [-0.2, 0) is 12.8 Å². The molecule has 0 saturated carbocycles. The first-order valence-electron chi connectivity index (χ1n) is 8.83. The summed E-state index contributed by atoms with van der Waals surface area (Å²) in [6.45, 7) is 9.06. The third kappa shape index (κ3) is 3.96. The molecule has 1 aromatic rings. The average molecular weight is 285 g/mol. The van der Waals surface area contributed by atoms with Crippen molar-refractivity contribution in [1.29, 1.82) is 0 Å². The van der Waals surface area contributed by atoms with Gasteiger partial charge >= 0.3 is 0 Å². The van der Waals surface area contributed by atoms with Crippen molar-refractivity contribution in [2.24, 2.45) is 10.9 Å². The summed E-state index contributed by atoms with van der Waals surface area (Å²) in [6.07, 6.45) is 10.3. The van der Waals surface area contributed by atoms with Gasteiger partial charge in [0.1, 0.15) is 0 Å². The number of nitrogens with zero attached hydrogens (tertiary/aromatic N) is 1. The zero-order valence-corrected chi connectivity index (χ0v) is 14.3. The number of hydrogen-bond donors (Lipinski definition) is 0. The molecule has 0 saturated heterocycles. The Morgan fingerprint density at radius 2 is 1.81 bits per heavy atom. The maximum atomic E-state index is 5.06. The Balaban J connectivity index is 2.46. The lowest BCUT2D eigenvalue weighted by molar-refractivity contribution is 0.535. The molecule has 1 heteroatoms. The number of aryl methyl sites for hydroxylation is 1. The molecule has 0 amide bonds. The van der Waals surface area contributed by atoms with Crippen molar-refractivity contribution in [3.05, 3.63) is 28.8 Å². The molecule has 0 bridgehead atoms. The summed E-state index contributed by atoms with van der Waals surface area (Å²) in [5.74, 6) is 0.669. The Kier molecular flexibility index (Phi) is 6.02. The molecule has 1 nitrogen and oxygen atoms in total. The fraction of sp³-hybridized carbons (Fsp3) is 0.650. The van der Waals surface area contributed by atoms with Crippen LogP contribution in [0.4, 0.5) is 5.69 Å². The Morgan fingerprint density at radius 3 is 2.52 bits per heavy atom. The zero-order valence-electron chi connectivity index (χ0n) is 14.3. The van der Waals surface area contributed by atoms with Gasteiger partial charge in [-0.25, -0.2) is 0 Å². The van der Waals surface area contributed by atoms with Crippen LogP contribution >= 0.6 is 0 Å². The standard InChI is InChI=1S/C20H31N/c1-5-17-11-9-7-8-10-12-19-18(6-2)15(3)13-14-20(19)21-16(17)4/h13-14,17H,5-12H2,1-4H3.